The molecule has 3 unspecified atom stereocenters. The molecule has 0 fully saturated rings. The Kier molecular flexibility index (Phi) is 7.20. The Bertz CT molecular complexity index is 402. The Morgan fingerprint density at radius 2 is 1.62 bits per heavy atom. The molecule has 0 heterocycles. The van der Waals surface area contributed by atoms with E-state index in [-0.39, 0.29) is 0 Å². The van der Waals surface area contributed by atoms with Crippen LogP contribution < -0.4 is 10.1 Å². The van der Waals surface area contributed by atoms with Crippen molar-refractivity contribution in [2.24, 2.45) is 5.92 Å². The van der Waals surface area contributed by atoms with Gasteiger partial charge in [0.25, 0.3) is 0 Å². The fraction of sp³-hybridized carbons (Fsp3) is 0.667. The Balaban J connectivity index is 2.93. The van der Waals surface area contributed by atoms with Gasteiger partial charge in [-0.25, -0.2) is 0 Å². The van der Waals surface area contributed by atoms with Crippen molar-refractivity contribution < 1.29 is 4.74 Å². The van der Waals surface area contributed by atoms with Crippen molar-refractivity contribution in [3.63, 3.8) is 0 Å². The Hall–Kier alpha value is -1.06. The van der Waals surface area contributed by atoms with Crippen molar-refractivity contribution >= 4 is 0 Å². The summed E-state index contributed by atoms with van der Waals surface area (Å²) < 4.78 is 5.26. The van der Waals surface area contributed by atoms with Crippen LogP contribution in [0.15, 0.2) is 24.3 Å². The summed E-state index contributed by atoms with van der Waals surface area (Å²) in [6.45, 7) is 12.3. The molecule has 1 N–H and O–H groups in total. The maximum atomic E-state index is 5.26. The lowest BCUT2D eigenvalue weighted by atomic mass is 9.96. The minimum atomic E-state index is 0.326. The number of likely N-dealkylation sites (N-methyl/N-ethyl adjacent to an activating group) is 2. The van der Waals surface area contributed by atoms with Gasteiger partial charge in [0, 0.05) is 18.1 Å². The normalized spacial score (nSPS) is 16.0. The summed E-state index contributed by atoms with van der Waals surface area (Å²) in [5, 5.41) is 3.63. The molecule has 0 spiro atoms. The predicted octanol–water partition coefficient (Wildman–Crippen LogP) is 3.71. The van der Waals surface area contributed by atoms with Crippen LogP contribution in [-0.2, 0) is 0 Å². The molecule has 0 aliphatic carbocycles. The molecule has 0 saturated heterocycles. The van der Waals surface area contributed by atoms with Gasteiger partial charge in [-0.1, -0.05) is 32.9 Å². The molecule has 0 aliphatic heterocycles. The second-order valence-electron chi connectivity index (χ2n) is 6.20. The van der Waals surface area contributed by atoms with Crippen molar-refractivity contribution in [2.45, 2.75) is 52.7 Å². The average Bonchev–Trinajstić information content (AvgIpc) is 2.50. The van der Waals surface area contributed by atoms with Gasteiger partial charge in [-0.3, -0.25) is 4.90 Å². The van der Waals surface area contributed by atoms with E-state index in [9.17, 15) is 0 Å². The van der Waals surface area contributed by atoms with E-state index in [0.717, 1.165) is 12.3 Å². The molecule has 0 radical (unpaired) electrons. The summed E-state index contributed by atoms with van der Waals surface area (Å²) in [5.41, 5.74) is 1.31. The van der Waals surface area contributed by atoms with E-state index in [1.165, 1.54) is 5.56 Å². The number of rotatable bonds is 8. The van der Waals surface area contributed by atoms with Gasteiger partial charge < -0.3 is 10.1 Å². The first-order valence-electron chi connectivity index (χ1n) is 8.01. The molecular formula is C18H32N2O. The fourth-order valence-corrected chi connectivity index (χ4v) is 2.67. The van der Waals surface area contributed by atoms with Crippen LogP contribution in [0.25, 0.3) is 0 Å². The van der Waals surface area contributed by atoms with Gasteiger partial charge in [0.15, 0.2) is 0 Å². The highest BCUT2D eigenvalue weighted by Crippen LogP contribution is 2.25. The van der Waals surface area contributed by atoms with Gasteiger partial charge in [0.05, 0.1) is 7.11 Å². The first-order valence-corrected chi connectivity index (χ1v) is 8.01. The maximum absolute atomic E-state index is 5.26. The Morgan fingerprint density at radius 1 is 1.05 bits per heavy atom. The molecule has 0 amide bonds. The third-order valence-electron chi connectivity index (χ3n) is 4.63. The number of hydrogen-bond donors (Lipinski definition) is 1. The second-order valence-corrected chi connectivity index (χ2v) is 6.20. The van der Waals surface area contributed by atoms with Crippen LogP contribution in [-0.4, -0.2) is 37.7 Å². The zero-order valence-electron chi connectivity index (χ0n) is 14.7. The SMILES string of the molecule is CCNC(c1ccc(OC)cc1)C(C)N(C)C(C)C(C)C. The van der Waals surface area contributed by atoms with Crippen molar-refractivity contribution in [1.82, 2.24) is 10.2 Å². The molecule has 3 atom stereocenters. The lowest BCUT2D eigenvalue weighted by molar-refractivity contribution is 0.129. The quantitative estimate of drug-likeness (QED) is 0.790. The van der Waals surface area contributed by atoms with E-state index < -0.39 is 0 Å². The lowest BCUT2D eigenvalue weighted by Crippen LogP contribution is -2.46. The van der Waals surface area contributed by atoms with Crippen molar-refractivity contribution in [3.05, 3.63) is 29.8 Å². The van der Waals surface area contributed by atoms with E-state index in [0.29, 0.717) is 24.0 Å². The van der Waals surface area contributed by atoms with Gasteiger partial charge >= 0.3 is 0 Å². The summed E-state index contributed by atoms with van der Waals surface area (Å²) in [6.07, 6.45) is 0. The summed E-state index contributed by atoms with van der Waals surface area (Å²) in [6, 6.07) is 9.71. The third kappa shape index (κ3) is 4.72. The molecule has 0 saturated carbocycles. The topological polar surface area (TPSA) is 24.5 Å². The van der Waals surface area contributed by atoms with Gasteiger partial charge in [-0.15, -0.1) is 0 Å². The molecule has 21 heavy (non-hydrogen) atoms. The smallest absolute Gasteiger partial charge is 0.118 e. The third-order valence-corrected chi connectivity index (χ3v) is 4.63. The summed E-state index contributed by atoms with van der Waals surface area (Å²) >= 11 is 0. The second kappa shape index (κ2) is 8.40. The van der Waals surface area contributed by atoms with Crippen LogP contribution in [0.4, 0.5) is 0 Å². The van der Waals surface area contributed by atoms with Gasteiger partial charge in [-0.05, 0) is 51.1 Å². The van der Waals surface area contributed by atoms with E-state index in [1.807, 2.05) is 12.1 Å². The number of hydrogen-bond acceptors (Lipinski definition) is 3. The van der Waals surface area contributed by atoms with Crippen molar-refractivity contribution in [3.8, 4) is 5.75 Å². The van der Waals surface area contributed by atoms with E-state index >= 15 is 0 Å². The molecule has 1 rings (SSSR count). The van der Waals surface area contributed by atoms with E-state index in [2.05, 4.69) is 64.0 Å². The number of ether oxygens (including phenoxy) is 1. The molecular weight excluding hydrogens is 260 g/mol. The maximum Gasteiger partial charge on any atom is 0.118 e. The van der Waals surface area contributed by atoms with Crippen LogP contribution in [0.2, 0.25) is 0 Å². The standard InChI is InChI=1S/C18H32N2O/c1-8-19-18(15(5)20(6)14(4)13(2)3)16-9-11-17(21-7)12-10-16/h9-15,18-19H,8H2,1-7H3. The molecule has 1 aromatic rings. The lowest BCUT2D eigenvalue weighted by Gasteiger charge is -2.38. The fourth-order valence-electron chi connectivity index (χ4n) is 2.67. The van der Waals surface area contributed by atoms with Crippen LogP contribution in [0, 0.1) is 5.92 Å². The van der Waals surface area contributed by atoms with Crippen LogP contribution >= 0.6 is 0 Å². The van der Waals surface area contributed by atoms with Crippen LogP contribution in [0.5, 0.6) is 5.75 Å². The minimum Gasteiger partial charge on any atom is -0.497 e. The number of benzene rings is 1. The molecule has 1 aromatic carbocycles. The highest BCUT2D eigenvalue weighted by Gasteiger charge is 2.26. The van der Waals surface area contributed by atoms with Crippen LogP contribution in [0.3, 0.4) is 0 Å². The van der Waals surface area contributed by atoms with E-state index in [1.54, 1.807) is 7.11 Å². The monoisotopic (exact) mass is 292 g/mol. The summed E-state index contributed by atoms with van der Waals surface area (Å²) in [5.74, 6) is 1.56. The molecule has 3 nitrogen and oxygen atoms in total. The minimum absolute atomic E-state index is 0.326. The number of nitrogens with zero attached hydrogens (tertiary/aromatic N) is 1. The Labute approximate surface area is 130 Å². The first-order chi connectivity index (χ1) is 9.92. The average molecular weight is 292 g/mol. The predicted molar refractivity (Wildman–Crippen MR) is 90.9 cm³/mol. The highest BCUT2D eigenvalue weighted by atomic mass is 16.5. The zero-order chi connectivity index (χ0) is 16.0. The first kappa shape index (κ1) is 18.0. The van der Waals surface area contributed by atoms with Gasteiger partial charge in [0.2, 0.25) is 0 Å². The van der Waals surface area contributed by atoms with Crippen LogP contribution in [0.1, 0.15) is 46.2 Å². The highest BCUT2D eigenvalue weighted by molar-refractivity contribution is 5.29. The summed E-state index contributed by atoms with van der Waals surface area (Å²) in [7, 11) is 3.93. The molecule has 0 aliphatic rings. The molecule has 3 heteroatoms. The Morgan fingerprint density at radius 3 is 2.05 bits per heavy atom. The number of nitrogens with one attached hydrogen (secondary N) is 1. The molecule has 120 valence electrons. The van der Waals surface area contributed by atoms with Gasteiger partial charge in [0.1, 0.15) is 5.75 Å². The van der Waals surface area contributed by atoms with E-state index in [4.69, 9.17) is 4.74 Å². The van der Waals surface area contributed by atoms with Crippen molar-refractivity contribution in [2.75, 3.05) is 20.7 Å². The molecule has 0 aromatic heterocycles. The largest absolute Gasteiger partial charge is 0.497 e. The number of methoxy groups -OCH3 is 1. The van der Waals surface area contributed by atoms with Crippen molar-refractivity contribution in [1.29, 1.82) is 0 Å². The van der Waals surface area contributed by atoms with Gasteiger partial charge in [-0.2, -0.15) is 0 Å². The summed E-state index contributed by atoms with van der Waals surface area (Å²) in [4.78, 5) is 2.47. The molecule has 0 bridgehead atoms. The zero-order valence-corrected chi connectivity index (χ0v) is 14.7.